The molecule has 0 aromatic carbocycles. The molecular weight excluding hydrogens is 198 g/mol. The average molecular weight is 205 g/mol. The lowest BCUT2D eigenvalue weighted by molar-refractivity contribution is 0.0702. The minimum Gasteiger partial charge on any atom is -0.477 e. The molecule has 0 aliphatic rings. The van der Waals surface area contributed by atoms with Gasteiger partial charge in [0.1, 0.15) is 4.88 Å². The third-order valence-electron chi connectivity index (χ3n) is 1.82. The van der Waals surface area contributed by atoms with Crippen LogP contribution >= 0.6 is 11.3 Å². The lowest BCUT2D eigenvalue weighted by atomic mass is 10.1. The zero-order valence-corrected chi connectivity index (χ0v) is 7.99. The predicted octanol–water partition coefficient (Wildman–Crippen LogP) is 2.51. The number of carboxylic acid groups (broad SMARTS) is 1. The number of hydrogen-bond donors (Lipinski definition) is 1. The molecule has 2 heterocycles. The predicted molar refractivity (Wildman–Crippen MR) is 54.5 cm³/mol. The lowest BCUT2D eigenvalue weighted by Gasteiger charge is -1.93. The zero-order valence-electron chi connectivity index (χ0n) is 7.18. The Labute approximate surface area is 84.7 Å². The SMILES string of the molecule is O=C(O)c1cc(-c2ccncc2)cs1. The summed E-state index contributed by atoms with van der Waals surface area (Å²) in [7, 11) is 0. The molecule has 2 aromatic heterocycles. The van der Waals surface area contributed by atoms with Crippen molar-refractivity contribution < 1.29 is 9.90 Å². The van der Waals surface area contributed by atoms with E-state index in [9.17, 15) is 4.79 Å². The second kappa shape index (κ2) is 3.59. The summed E-state index contributed by atoms with van der Waals surface area (Å²) in [4.78, 5) is 14.9. The van der Waals surface area contributed by atoms with Gasteiger partial charge in [0.2, 0.25) is 0 Å². The molecule has 0 atom stereocenters. The Kier molecular flexibility index (Phi) is 2.28. The van der Waals surface area contributed by atoms with Crippen molar-refractivity contribution in [2.24, 2.45) is 0 Å². The fraction of sp³-hybridized carbons (Fsp3) is 0. The summed E-state index contributed by atoms with van der Waals surface area (Å²) in [5, 5.41) is 10.6. The highest BCUT2D eigenvalue weighted by atomic mass is 32.1. The van der Waals surface area contributed by atoms with Crippen molar-refractivity contribution in [1.82, 2.24) is 4.98 Å². The van der Waals surface area contributed by atoms with Crippen molar-refractivity contribution in [3.8, 4) is 11.1 Å². The van der Waals surface area contributed by atoms with E-state index in [1.165, 1.54) is 11.3 Å². The molecule has 0 spiro atoms. The minimum atomic E-state index is -0.879. The van der Waals surface area contributed by atoms with Crippen LogP contribution in [0.25, 0.3) is 11.1 Å². The number of thiophene rings is 1. The van der Waals surface area contributed by atoms with Gasteiger partial charge >= 0.3 is 5.97 Å². The molecule has 14 heavy (non-hydrogen) atoms. The van der Waals surface area contributed by atoms with Crippen LogP contribution in [0.15, 0.2) is 36.0 Å². The highest BCUT2D eigenvalue weighted by Gasteiger charge is 2.07. The topological polar surface area (TPSA) is 50.2 Å². The summed E-state index contributed by atoms with van der Waals surface area (Å²) in [5.41, 5.74) is 1.92. The lowest BCUT2D eigenvalue weighted by Crippen LogP contribution is -1.89. The van der Waals surface area contributed by atoms with Gasteiger partial charge in [-0.25, -0.2) is 4.79 Å². The second-order valence-corrected chi connectivity index (χ2v) is 3.65. The molecule has 0 unspecified atom stereocenters. The zero-order chi connectivity index (χ0) is 9.97. The van der Waals surface area contributed by atoms with Crippen molar-refractivity contribution in [2.45, 2.75) is 0 Å². The van der Waals surface area contributed by atoms with E-state index in [4.69, 9.17) is 5.11 Å². The molecule has 0 amide bonds. The van der Waals surface area contributed by atoms with E-state index in [1.54, 1.807) is 18.5 Å². The molecule has 2 rings (SSSR count). The van der Waals surface area contributed by atoms with Crippen LogP contribution in [-0.4, -0.2) is 16.1 Å². The Balaban J connectivity index is 2.39. The largest absolute Gasteiger partial charge is 0.477 e. The van der Waals surface area contributed by atoms with Crippen molar-refractivity contribution in [1.29, 1.82) is 0 Å². The van der Waals surface area contributed by atoms with E-state index < -0.39 is 5.97 Å². The van der Waals surface area contributed by atoms with Crippen molar-refractivity contribution >= 4 is 17.3 Å². The highest BCUT2D eigenvalue weighted by molar-refractivity contribution is 7.12. The van der Waals surface area contributed by atoms with Crippen molar-refractivity contribution in [3.05, 3.63) is 40.8 Å². The molecular formula is C10H7NO2S. The third-order valence-corrected chi connectivity index (χ3v) is 2.74. The van der Waals surface area contributed by atoms with E-state index in [0.717, 1.165) is 11.1 Å². The van der Waals surface area contributed by atoms with Gasteiger partial charge in [0.15, 0.2) is 0 Å². The number of hydrogen-bond acceptors (Lipinski definition) is 3. The molecule has 3 nitrogen and oxygen atoms in total. The number of carboxylic acids is 1. The Morgan fingerprint density at radius 2 is 2.00 bits per heavy atom. The molecule has 0 saturated carbocycles. The van der Waals surface area contributed by atoms with Crippen LogP contribution in [-0.2, 0) is 0 Å². The first-order valence-corrected chi connectivity index (χ1v) is 4.87. The first-order valence-electron chi connectivity index (χ1n) is 3.99. The number of carbonyl (C=O) groups is 1. The fourth-order valence-corrected chi connectivity index (χ4v) is 1.90. The van der Waals surface area contributed by atoms with Crippen LogP contribution in [0.2, 0.25) is 0 Å². The molecule has 4 heteroatoms. The van der Waals surface area contributed by atoms with Gasteiger partial charge in [-0.15, -0.1) is 11.3 Å². The smallest absolute Gasteiger partial charge is 0.345 e. The van der Waals surface area contributed by atoms with Gasteiger partial charge in [-0.2, -0.15) is 0 Å². The van der Waals surface area contributed by atoms with Crippen LogP contribution in [0.1, 0.15) is 9.67 Å². The summed E-state index contributed by atoms with van der Waals surface area (Å²) >= 11 is 1.23. The van der Waals surface area contributed by atoms with Crippen LogP contribution in [0.3, 0.4) is 0 Å². The first kappa shape index (κ1) is 8.90. The number of aromatic nitrogens is 1. The summed E-state index contributed by atoms with van der Waals surface area (Å²) in [6.45, 7) is 0. The highest BCUT2D eigenvalue weighted by Crippen LogP contribution is 2.24. The molecule has 0 saturated heterocycles. The number of aromatic carboxylic acids is 1. The minimum absolute atomic E-state index is 0.358. The van der Waals surface area contributed by atoms with Crippen LogP contribution in [0.4, 0.5) is 0 Å². The maximum atomic E-state index is 10.6. The first-order chi connectivity index (χ1) is 6.77. The quantitative estimate of drug-likeness (QED) is 0.819. The summed E-state index contributed by atoms with van der Waals surface area (Å²) in [6.07, 6.45) is 3.38. The van der Waals surface area contributed by atoms with Gasteiger partial charge in [0.05, 0.1) is 0 Å². The Bertz CT molecular complexity index is 450. The summed E-state index contributed by atoms with van der Waals surface area (Å²) in [6, 6.07) is 5.38. The number of pyridine rings is 1. The molecule has 0 aliphatic heterocycles. The van der Waals surface area contributed by atoms with Crippen LogP contribution in [0, 0.1) is 0 Å². The standard InChI is InChI=1S/C10H7NO2S/c12-10(13)9-5-8(6-14-9)7-1-3-11-4-2-7/h1-6H,(H,12,13). The van der Waals surface area contributed by atoms with E-state index in [2.05, 4.69) is 4.98 Å². The Morgan fingerprint density at radius 3 is 2.57 bits per heavy atom. The van der Waals surface area contributed by atoms with Gasteiger partial charge in [0.25, 0.3) is 0 Å². The number of nitrogens with zero attached hydrogens (tertiary/aromatic N) is 1. The molecule has 0 bridgehead atoms. The molecule has 2 aromatic rings. The van der Waals surface area contributed by atoms with Crippen LogP contribution < -0.4 is 0 Å². The van der Waals surface area contributed by atoms with E-state index >= 15 is 0 Å². The van der Waals surface area contributed by atoms with Crippen molar-refractivity contribution in [3.63, 3.8) is 0 Å². The van der Waals surface area contributed by atoms with Gasteiger partial charge in [-0.3, -0.25) is 4.98 Å². The molecule has 1 N–H and O–H groups in total. The van der Waals surface area contributed by atoms with E-state index in [-0.39, 0.29) is 0 Å². The fourth-order valence-electron chi connectivity index (χ4n) is 1.14. The van der Waals surface area contributed by atoms with Crippen LogP contribution in [0.5, 0.6) is 0 Å². The van der Waals surface area contributed by atoms with Gasteiger partial charge in [-0.1, -0.05) is 0 Å². The molecule has 0 radical (unpaired) electrons. The van der Waals surface area contributed by atoms with Gasteiger partial charge in [-0.05, 0) is 34.7 Å². The molecule has 0 aliphatic carbocycles. The van der Waals surface area contributed by atoms with E-state index in [1.807, 2.05) is 17.5 Å². The Morgan fingerprint density at radius 1 is 1.29 bits per heavy atom. The van der Waals surface area contributed by atoms with Crippen molar-refractivity contribution in [2.75, 3.05) is 0 Å². The summed E-state index contributed by atoms with van der Waals surface area (Å²) < 4.78 is 0. The average Bonchev–Trinajstić information content (AvgIpc) is 2.68. The number of rotatable bonds is 2. The van der Waals surface area contributed by atoms with Gasteiger partial charge < -0.3 is 5.11 Å². The summed E-state index contributed by atoms with van der Waals surface area (Å²) in [5.74, 6) is -0.879. The maximum Gasteiger partial charge on any atom is 0.345 e. The molecule has 70 valence electrons. The maximum absolute atomic E-state index is 10.6. The third kappa shape index (κ3) is 1.65. The second-order valence-electron chi connectivity index (χ2n) is 2.74. The normalized spacial score (nSPS) is 10.0. The molecule has 0 fully saturated rings. The monoisotopic (exact) mass is 205 g/mol. The van der Waals surface area contributed by atoms with E-state index in [0.29, 0.717) is 4.88 Å². The Hall–Kier alpha value is -1.68. The van der Waals surface area contributed by atoms with Gasteiger partial charge in [0, 0.05) is 12.4 Å².